The number of anilines is 1. The lowest BCUT2D eigenvalue weighted by atomic mass is 9.69. The van der Waals surface area contributed by atoms with Gasteiger partial charge in [-0.2, -0.15) is 0 Å². The Morgan fingerprint density at radius 2 is 1.75 bits per heavy atom. The van der Waals surface area contributed by atoms with Crippen LogP contribution in [0.4, 0.5) is 5.82 Å². The molecule has 1 fully saturated rings. The molecule has 0 unspecified atom stereocenters. The van der Waals surface area contributed by atoms with Crippen molar-refractivity contribution in [1.29, 1.82) is 0 Å². The van der Waals surface area contributed by atoms with Crippen LogP contribution in [0, 0.1) is 5.41 Å². The zero-order chi connectivity index (χ0) is 19.0. The van der Waals surface area contributed by atoms with Crippen molar-refractivity contribution in [3.8, 4) is 0 Å². The van der Waals surface area contributed by atoms with Gasteiger partial charge in [-0.3, -0.25) is 9.79 Å². The highest BCUT2D eigenvalue weighted by atomic mass is 16.2. The van der Waals surface area contributed by atoms with Crippen molar-refractivity contribution < 1.29 is 4.79 Å². The fraction of sp³-hybridized carbons (Fsp3) is 0.609. The maximum Gasteiger partial charge on any atom is 0.229 e. The van der Waals surface area contributed by atoms with Crippen molar-refractivity contribution in [2.24, 2.45) is 10.4 Å². The molecule has 3 aliphatic heterocycles. The minimum absolute atomic E-state index is 0.112. The summed E-state index contributed by atoms with van der Waals surface area (Å²) in [6.45, 7) is 2.19. The molecule has 148 valence electrons. The molecule has 5 rings (SSSR count). The Hall–Kier alpha value is -2.17. The van der Waals surface area contributed by atoms with Crippen LogP contribution in [0.15, 0.2) is 34.3 Å². The lowest BCUT2D eigenvalue weighted by molar-refractivity contribution is -0.143. The summed E-state index contributed by atoms with van der Waals surface area (Å²) in [6, 6.07) is 6.21. The summed E-state index contributed by atoms with van der Waals surface area (Å²) in [5.74, 6) is 2.20. The van der Waals surface area contributed by atoms with E-state index in [2.05, 4.69) is 22.3 Å². The molecule has 1 aromatic rings. The molecule has 1 spiro atoms. The van der Waals surface area contributed by atoms with Crippen LogP contribution >= 0.6 is 0 Å². The predicted octanol–water partition coefficient (Wildman–Crippen LogP) is 4.11. The maximum absolute atomic E-state index is 13.7. The van der Waals surface area contributed by atoms with E-state index in [4.69, 9.17) is 9.98 Å². The average molecular weight is 379 g/mol. The molecular weight excluding hydrogens is 348 g/mol. The van der Waals surface area contributed by atoms with Gasteiger partial charge in [0, 0.05) is 29.8 Å². The summed E-state index contributed by atoms with van der Waals surface area (Å²) in [7, 11) is 0. The van der Waals surface area contributed by atoms with Crippen LogP contribution in [0.1, 0.15) is 63.5 Å². The second-order valence-electron chi connectivity index (χ2n) is 8.95. The van der Waals surface area contributed by atoms with Crippen molar-refractivity contribution in [3.63, 3.8) is 0 Å². The van der Waals surface area contributed by atoms with Gasteiger partial charge >= 0.3 is 0 Å². The van der Waals surface area contributed by atoms with Crippen LogP contribution in [-0.4, -0.2) is 41.3 Å². The van der Waals surface area contributed by atoms with Gasteiger partial charge in [-0.25, -0.2) is 4.98 Å². The number of rotatable bonds is 0. The van der Waals surface area contributed by atoms with Gasteiger partial charge in [0.25, 0.3) is 0 Å². The summed E-state index contributed by atoms with van der Waals surface area (Å²) < 4.78 is 0. The third-order valence-corrected chi connectivity index (χ3v) is 7.06. The fourth-order valence-corrected chi connectivity index (χ4v) is 5.49. The lowest BCUT2D eigenvalue weighted by Crippen LogP contribution is -2.45. The van der Waals surface area contributed by atoms with Crippen LogP contribution in [0.3, 0.4) is 0 Å². The number of aromatic nitrogens is 1. The van der Waals surface area contributed by atoms with E-state index in [0.717, 1.165) is 62.4 Å². The van der Waals surface area contributed by atoms with E-state index in [0.29, 0.717) is 19.0 Å². The van der Waals surface area contributed by atoms with Crippen molar-refractivity contribution in [1.82, 2.24) is 9.88 Å². The average Bonchev–Trinajstić information content (AvgIpc) is 3.30. The van der Waals surface area contributed by atoms with Crippen molar-refractivity contribution in [3.05, 3.63) is 35.0 Å². The smallest absolute Gasteiger partial charge is 0.229 e. The fourth-order valence-electron chi connectivity index (χ4n) is 5.49. The van der Waals surface area contributed by atoms with E-state index in [9.17, 15) is 4.79 Å². The number of aliphatic imine (C=N–C) groups is 1. The molecule has 1 N–H and O–H groups in total. The zero-order valence-corrected chi connectivity index (χ0v) is 16.7. The van der Waals surface area contributed by atoms with E-state index < -0.39 is 0 Å². The highest BCUT2D eigenvalue weighted by Crippen LogP contribution is 2.43. The van der Waals surface area contributed by atoms with E-state index in [1.807, 2.05) is 6.07 Å². The van der Waals surface area contributed by atoms with Gasteiger partial charge in [0.05, 0.1) is 6.54 Å². The van der Waals surface area contributed by atoms with Crippen molar-refractivity contribution >= 4 is 17.6 Å². The number of nitrogens with zero attached hydrogens (tertiary/aromatic N) is 3. The number of nitrogens with one attached hydrogen (secondary N) is 1. The van der Waals surface area contributed by atoms with Gasteiger partial charge in [-0.05, 0) is 49.8 Å². The summed E-state index contributed by atoms with van der Waals surface area (Å²) in [5, 5.41) is 3.44. The molecule has 4 bridgehead atoms. The molecule has 1 aromatic heterocycles. The summed E-state index contributed by atoms with van der Waals surface area (Å²) in [5.41, 5.74) is 3.56. The SMILES string of the molecule is O=C1N2CC3=C(C2)C(=NC3)Nc2cccc(n2)CCCCCC12CCCCC2. The Balaban J connectivity index is 1.44. The first-order chi connectivity index (χ1) is 13.7. The molecule has 0 atom stereocenters. The third-order valence-electron chi connectivity index (χ3n) is 7.06. The number of amides is 1. The van der Waals surface area contributed by atoms with Crippen molar-refractivity contribution in [2.75, 3.05) is 25.0 Å². The van der Waals surface area contributed by atoms with Gasteiger partial charge in [-0.15, -0.1) is 0 Å². The van der Waals surface area contributed by atoms with E-state index in [1.54, 1.807) is 0 Å². The number of carbonyl (C=O) groups excluding carboxylic acids is 1. The van der Waals surface area contributed by atoms with Crippen LogP contribution in [0.25, 0.3) is 0 Å². The van der Waals surface area contributed by atoms with Gasteiger partial charge in [0.2, 0.25) is 5.91 Å². The number of amidine groups is 1. The summed E-state index contributed by atoms with van der Waals surface area (Å²) >= 11 is 0. The number of aryl methyl sites for hydroxylation is 1. The highest BCUT2D eigenvalue weighted by molar-refractivity contribution is 6.11. The molecule has 0 radical (unpaired) electrons. The Bertz CT molecular complexity index is 835. The van der Waals surface area contributed by atoms with Crippen molar-refractivity contribution in [2.45, 2.75) is 64.2 Å². The number of hydrogen-bond donors (Lipinski definition) is 1. The first-order valence-corrected chi connectivity index (χ1v) is 11.0. The normalized spacial score (nSPS) is 24.6. The van der Waals surface area contributed by atoms with Crippen LogP contribution in [-0.2, 0) is 11.2 Å². The van der Waals surface area contributed by atoms with E-state index in [-0.39, 0.29) is 5.41 Å². The largest absolute Gasteiger partial charge is 0.334 e. The minimum Gasteiger partial charge on any atom is -0.334 e. The number of fused-ring (bicyclic) bond motifs is 3. The zero-order valence-electron chi connectivity index (χ0n) is 16.7. The Kier molecular flexibility index (Phi) is 4.69. The Morgan fingerprint density at radius 3 is 2.57 bits per heavy atom. The summed E-state index contributed by atoms with van der Waals surface area (Å²) in [4.78, 5) is 25.3. The molecule has 4 heterocycles. The second kappa shape index (κ2) is 7.34. The lowest BCUT2D eigenvalue weighted by Gasteiger charge is -2.39. The Labute approximate surface area is 167 Å². The number of pyridine rings is 1. The quantitative estimate of drug-likeness (QED) is 0.739. The van der Waals surface area contributed by atoms with Gasteiger partial charge in [0.15, 0.2) is 0 Å². The van der Waals surface area contributed by atoms with Gasteiger partial charge < -0.3 is 10.2 Å². The standard InChI is InChI=1S/C23H30N4O/c28-22-23(12-5-2-6-13-23)11-4-1-3-8-18-9-7-10-20(25-18)26-21-19-16-27(22)15-17(19)14-24-21/h7,9-10H,1-6,8,11-16H2,(H,24,25,26). The molecule has 4 aliphatic rings. The molecule has 5 nitrogen and oxygen atoms in total. The van der Waals surface area contributed by atoms with E-state index >= 15 is 0 Å². The number of hydrogen-bond acceptors (Lipinski definition) is 4. The number of carbonyl (C=O) groups is 1. The molecular formula is C23H30N4O. The third kappa shape index (κ3) is 3.25. The topological polar surface area (TPSA) is 57.6 Å². The van der Waals surface area contributed by atoms with Crippen LogP contribution in [0.5, 0.6) is 0 Å². The monoisotopic (exact) mass is 378 g/mol. The van der Waals surface area contributed by atoms with Crippen LogP contribution in [0.2, 0.25) is 0 Å². The minimum atomic E-state index is -0.112. The highest BCUT2D eigenvalue weighted by Gasteiger charge is 2.44. The maximum atomic E-state index is 13.7. The van der Waals surface area contributed by atoms with E-state index in [1.165, 1.54) is 36.8 Å². The Morgan fingerprint density at radius 1 is 0.964 bits per heavy atom. The summed E-state index contributed by atoms with van der Waals surface area (Å²) in [6.07, 6.45) is 11.4. The molecule has 5 heteroatoms. The predicted molar refractivity (Wildman–Crippen MR) is 111 cm³/mol. The molecule has 1 aliphatic carbocycles. The molecule has 1 amide bonds. The van der Waals surface area contributed by atoms with Gasteiger partial charge in [0.1, 0.15) is 11.7 Å². The first-order valence-electron chi connectivity index (χ1n) is 11.0. The van der Waals surface area contributed by atoms with Gasteiger partial charge in [-0.1, -0.05) is 38.2 Å². The molecule has 0 saturated heterocycles. The molecule has 28 heavy (non-hydrogen) atoms. The first kappa shape index (κ1) is 17.9. The molecule has 1 saturated carbocycles. The molecule has 0 aromatic carbocycles. The second-order valence-corrected chi connectivity index (χ2v) is 8.95. The van der Waals surface area contributed by atoms with Crippen LogP contribution < -0.4 is 5.32 Å².